The topological polar surface area (TPSA) is 105 Å². The van der Waals surface area contributed by atoms with Gasteiger partial charge in [0.05, 0.1) is 29.7 Å². The average molecular weight is 564 g/mol. The second-order valence-corrected chi connectivity index (χ2v) is 12.4. The third kappa shape index (κ3) is 6.26. The standard InChI is InChI=1S/C26H30FN3O6S2/c1-35-22-4-3-5-24(18-22)38(33,34)30-16-14-29(15-17-30)25-19-23(10-11-26(25)36-2)37(31,32)28-13-12-20-6-8-21(27)9-7-20/h3-11,18-19,28H,12-17H2,1-2H3. The molecule has 1 aliphatic rings. The summed E-state index contributed by atoms with van der Waals surface area (Å²) in [4.78, 5) is 2.13. The maximum atomic E-state index is 13.1. The Morgan fingerprint density at radius 2 is 1.55 bits per heavy atom. The number of anilines is 1. The molecule has 1 saturated heterocycles. The van der Waals surface area contributed by atoms with Crippen LogP contribution in [0.15, 0.2) is 76.5 Å². The fraction of sp³-hybridized carbons (Fsp3) is 0.308. The molecule has 3 aromatic carbocycles. The summed E-state index contributed by atoms with van der Waals surface area (Å²) < 4.78 is 80.0. The molecule has 0 spiro atoms. The van der Waals surface area contributed by atoms with Crippen LogP contribution in [-0.4, -0.2) is 68.1 Å². The number of hydrogen-bond acceptors (Lipinski definition) is 7. The van der Waals surface area contributed by atoms with Crippen LogP contribution in [-0.2, 0) is 26.5 Å². The third-order valence-electron chi connectivity index (χ3n) is 6.34. The van der Waals surface area contributed by atoms with Crippen LogP contribution in [0.25, 0.3) is 0 Å². The summed E-state index contributed by atoms with van der Waals surface area (Å²) in [5, 5.41) is 0. The molecule has 4 rings (SSSR count). The van der Waals surface area contributed by atoms with Gasteiger partial charge < -0.3 is 14.4 Å². The average Bonchev–Trinajstić information content (AvgIpc) is 2.93. The Balaban J connectivity index is 1.45. The smallest absolute Gasteiger partial charge is 0.243 e. The first-order valence-corrected chi connectivity index (χ1v) is 14.9. The van der Waals surface area contributed by atoms with Gasteiger partial charge in [-0.25, -0.2) is 25.9 Å². The molecule has 0 radical (unpaired) electrons. The highest BCUT2D eigenvalue weighted by atomic mass is 32.2. The molecule has 12 heteroatoms. The molecular weight excluding hydrogens is 533 g/mol. The highest BCUT2D eigenvalue weighted by molar-refractivity contribution is 7.89. The van der Waals surface area contributed by atoms with E-state index in [2.05, 4.69) is 4.72 Å². The number of benzene rings is 3. The predicted octanol–water partition coefficient (Wildman–Crippen LogP) is 2.87. The number of piperazine rings is 1. The molecule has 0 unspecified atom stereocenters. The molecule has 0 atom stereocenters. The molecule has 9 nitrogen and oxygen atoms in total. The Morgan fingerprint density at radius 1 is 0.842 bits per heavy atom. The van der Waals surface area contributed by atoms with Crippen molar-refractivity contribution in [3.63, 3.8) is 0 Å². The number of sulfonamides is 2. The summed E-state index contributed by atoms with van der Waals surface area (Å²) in [6, 6.07) is 16.8. The number of hydrogen-bond donors (Lipinski definition) is 1. The molecule has 0 saturated carbocycles. The van der Waals surface area contributed by atoms with Crippen molar-refractivity contribution in [3.8, 4) is 11.5 Å². The highest BCUT2D eigenvalue weighted by Gasteiger charge is 2.30. The van der Waals surface area contributed by atoms with Gasteiger partial charge in [-0.05, 0) is 54.4 Å². The largest absolute Gasteiger partial charge is 0.497 e. The van der Waals surface area contributed by atoms with Crippen LogP contribution in [0.2, 0.25) is 0 Å². The first-order chi connectivity index (χ1) is 18.1. The van der Waals surface area contributed by atoms with Gasteiger partial charge in [-0.15, -0.1) is 0 Å². The van der Waals surface area contributed by atoms with Crippen molar-refractivity contribution >= 4 is 25.7 Å². The number of methoxy groups -OCH3 is 2. The number of nitrogens with zero attached hydrogens (tertiary/aromatic N) is 2. The van der Waals surface area contributed by atoms with Gasteiger partial charge in [-0.2, -0.15) is 4.31 Å². The van der Waals surface area contributed by atoms with Gasteiger partial charge in [0.15, 0.2) is 0 Å². The SMILES string of the molecule is COc1cccc(S(=O)(=O)N2CCN(c3cc(S(=O)(=O)NCCc4ccc(F)cc4)ccc3OC)CC2)c1. The van der Waals surface area contributed by atoms with E-state index in [1.165, 1.54) is 54.9 Å². The van der Waals surface area contributed by atoms with E-state index in [-0.39, 0.29) is 35.2 Å². The van der Waals surface area contributed by atoms with Gasteiger partial charge in [-0.1, -0.05) is 18.2 Å². The molecule has 1 N–H and O–H groups in total. The lowest BCUT2D eigenvalue weighted by atomic mass is 10.1. The summed E-state index contributed by atoms with van der Waals surface area (Å²) in [5.41, 5.74) is 1.37. The molecule has 204 valence electrons. The minimum Gasteiger partial charge on any atom is -0.497 e. The number of rotatable bonds is 10. The molecular formula is C26H30FN3O6S2. The maximum absolute atomic E-state index is 13.1. The van der Waals surface area contributed by atoms with Crippen molar-refractivity contribution in [2.45, 2.75) is 16.2 Å². The molecule has 38 heavy (non-hydrogen) atoms. The van der Waals surface area contributed by atoms with Crippen molar-refractivity contribution in [1.29, 1.82) is 0 Å². The predicted molar refractivity (Wildman–Crippen MR) is 142 cm³/mol. The Labute approximate surface area is 222 Å². The van der Waals surface area contributed by atoms with Gasteiger partial charge >= 0.3 is 0 Å². The quantitative estimate of drug-likeness (QED) is 0.405. The lowest BCUT2D eigenvalue weighted by molar-refractivity contribution is 0.377. The van der Waals surface area contributed by atoms with Crippen molar-refractivity contribution in [3.05, 3.63) is 78.1 Å². The fourth-order valence-electron chi connectivity index (χ4n) is 4.23. The van der Waals surface area contributed by atoms with Crippen LogP contribution in [0.5, 0.6) is 11.5 Å². The van der Waals surface area contributed by atoms with Gasteiger partial charge in [0.1, 0.15) is 17.3 Å². The summed E-state index contributed by atoms with van der Waals surface area (Å²) in [6.07, 6.45) is 0.409. The van der Waals surface area contributed by atoms with E-state index in [4.69, 9.17) is 9.47 Å². The number of nitrogens with one attached hydrogen (secondary N) is 1. The van der Waals surface area contributed by atoms with E-state index < -0.39 is 20.0 Å². The van der Waals surface area contributed by atoms with Crippen LogP contribution in [0.4, 0.5) is 10.1 Å². The molecule has 1 heterocycles. The minimum absolute atomic E-state index is 0.0684. The zero-order valence-corrected chi connectivity index (χ0v) is 22.8. The van der Waals surface area contributed by atoms with Crippen LogP contribution in [0.3, 0.4) is 0 Å². The normalized spacial score (nSPS) is 14.9. The van der Waals surface area contributed by atoms with Crippen LogP contribution in [0.1, 0.15) is 5.56 Å². The van der Waals surface area contributed by atoms with Gasteiger partial charge in [-0.3, -0.25) is 0 Å². The van der Waals surface area contributed by atoms with Gasteiger partial charge in [0, 0.05) is 38.8 Å². The highest BCUT2D eigenvalue weighted by Crippen LogP contribution is 2.32. The van der Waals surface area contributed by atoms with E-state index >= 15 is 0 Å². The zero-order valence-electron chi connectivity index (χ0n) is 21.1. The molecule has 1 aliphatic heterocycles. The summed E-state index contributed by atoms with van der Waals surface area (Å²) in [7, 11) is -4.56. The second kappa shape index (κ2) is 11.7. The van der Waals surface area contributed by atoms with E-state index in [1.54, 1.807) is 30.3 Å². The fourth-order valence-corrected chi connectivity index (χ4v) is 6.74. The summed E-state index contributed by atoms with van der Waals surface area (Å²) in [5.74, 6) is 0.594. The van der Waals surface area contributed by atoms with Crippen molar-refractivity contribution in [2.75, 3.05) is 51.8 Å². The van der Waals surface area contributed by atoms with Crippen LogP contribution < -0.4 is 19.1 Å². The van der Waals surface area contributed by atoms with E-state index in [9.17, 15) is 21.2 Å². The minimum atomic E-state index is -3.83. The molecule has 0 bridgehead atoms. The first kappa shape index (κ1) is 27.8. The third-order valence-corrected chi connectivity index (χ3v) is 9.69. The molecule has 0 aliphatic carbocycles. The summed E-state index contributed by atoms with van der Waals surface area (Å²) in [6.45, 7) is 1.28. The zero-order chi connectivity index (χ0) is 27.3. The Kier molecular flexibility index (Phi) is 8.56. The van der Waals surface area contributed by atoms with Crippen molar-refractivity contribution < 1.29 is 30.7 Å². The Bertz CT molecular complexity index is 1470. The van der Waals surface area contributed by atoms with Crippen LogP contribution >= 0.6 is 0 Å². The van der Waals surface area contributed by atoms with Crippen molar-refractivity contribution in [1.82, 2.24) is 9.03 Å². The molecule has 3 aromatic rings. The lowest BCUT2D eigenvalue weighted by Crippen LogP contribution is -2.48. The summed E-state index contributed by atoms with van der Waals surface area (Å²) >= 11 is 0. The van der Waals surface area contributed by atoms with Crippen LogP contribution in [0, 0.1) is 5.82 Å². The van der Waals surface area contributed by atoms with Crippen molar-refractivity contribution in [2.24, 2.45) is 0 Å². The number of halogens is 1. The van der Waals surface area contributed by atoms with E-state index in [0.717, 1.165) is 5.56 Å². The Morgan fingerprint density at radius 3 is 2.21 bits per heavy atom. The lowest BCUT2D eigenvalue weighted by Gasteiger charge is -2.36. The molecule has 1 fully saturated rings. The first-order valence-electron chi connectivity index (χ1n) is 12.0. The number of ether oxygens (including phenoxy) is 2. The monoisotopic (exact) mass is 563 g/mol. The Hall–Kier alpha value is -3.19. The van der Waals surface area contributed by atoms with E-state index in [0.29, 0.717) is 36.7 Å². The molecule has 0 aromatic heterocycles. The second-order valence-electron chi connectivity index (χ2n) is 8.68. The van der Waals surface area contributed by atoms with Gasteiger partial charge in [0.25, 0.3) is 0 Å². The van der Waals surface area contributed by atoms with Gasteiger partial charge in [0.2, 0.25) is 20.0 Å². The van der Waals surface area contributed by atoms with E-state index in [1.807, 2.05) is 4.90 Å². The maximum Gasteiger partial charge on any atom is 0.243 e. The molecule has 0 amide bonds.